The number of rotatable bonds is 4. The van der Waals surface area contributed by atoms with Crippen LogP contribution in [0.2, 0.25) is 10.0 Å². The highest BCUT2D eigenvalue weighted by atomic mass is 35.5. The second-order valence-electron chi connectivity index (χ2n) is 4.37. The SMILES string of the molecule is NC(=S)NC(=O)c1cccc(OCc2ccc(Cl)cc2Cl)c1. The first kappa shape index (κ1) is 16.5. The van der Waals surface area contributed by atoms with Gasteiger partial charge in [-0.1, -0.05) is 35.3 Å². The highest BCUT2D eigenvalue weighted by Gasteiger charge is 2.08. The molecule has 0 bridgehead atoms. The molecule has 1 amide bonds. The van der Waals surface area contributed by atoms with Gasteiger partial charge < -0.3 is 10.5 Å². The molecule has 0 fully saturated rings. The van der Waals surface area contributed by atoms with Gasteiger partial charge in [-0.15, -0.1) is 0 Å². The van der Waals surface area contributed by atoms with Crippen LogP contribution in [-0.2, 0) is 6.61 Å². The molecule has 0 aliphatic carbocycles. The van der Waals surface area contributed by atoms with Gasteiger partial charge in [-0.2, -0.15) is 0 Å². The van der Waals surface area contributed by atoms with Crippen molar-refractivity contribution >= 4 is 46.4 Å². The molecule has 0 aliphatic rings. The van der Waals surface area contributed by atoms with Gasteiger partial charge in [-0.3, -0.25) is 10.1 Å². The van der Waals surface area contributed by atoms with Gasteiger partial charge in [0.1, 0.15) is 12.4 Å². The van der Waals surface area contributed by atoms with Crippen molar-refractivity contribution in [3.05, 3.63) is 63.6 Å². The summed E-state index contributed by atoms with van der Waals surface area (Å²) in [5, 5.41) is 3.36. The van der Waals surface area contributed by atoms with Crippen LogP contribution in [0.1, 0.15) is 15.9 Å². The number of nitrogens with two attached hydrogens (primary N) is 1. The number of nitrogens with one attached hydrogen (secondary N) is 1. The quantitative estimate of drug-likeness (QED) is 0.824. The lowest BCUT2D eigenvalue weighted by molar-refractivity contribution is 0.0977. The minimum atomic E-state index is -0.387. The standard InChI is InChI=1S/C15H12Cl2N2O2S/c16-11-5-4-10(13(17)7-11)8-21-12-3-1-2-9(6-12)14(20)19-15(18)22/h1-7H,8H2,(H3,18,19,20,22). The molecule has 7 heteroatoms. The number of benzene rings is 2. The number of amides is 1. The molecule has 4 nitrogen and oxygen atoms in total. The molecule has 0 spiro atoms. The lowest BCUT2D eigenvalue weighted by Crippen LogP contribution is -2.34. The van der Waals surface area contributed by atoms with Gasteiger partial charge >= 0.3 is 0 Å². The topological polar surface area (TPSA) is 64.3 Å². The number of halogens is 2. The van der Waals surface area contributed by atoms with Crippen molar-refractivity contribution in [1.82, 2.24) is 5.32 Å². The third kappa shape index (κ3) is 4.59. The third-order valence-electron chi connectivity index (χ3n) is 2.74. The van der Waals surface area contributed by atoms with Gasteiger partial charge in [0, 0.05) is 21.2 Å². The molecule has 0 aliphatic heterocycles. The molecular formula is C15H12Cl2N2O2S. The summed E-state index contributed by atoms with van der Waals surface area (Å²) in [7, 11) is 0. The van der Waals surface area contributed by atoms with E-state index in [0.717, 1.165) is 5.56 Å². The number of hydrogen-bond acceptors (Lipinski definition) is 3. The van der Waals surface area contributed by atoms with Gasteiger partial charge in [0.15, 0.2) is 5.11 Å². The maximum atomic E-state index is 11.8. The van der Waals surface area contributed by atoms with Crippen molar-refractivity contribution in [2.45, 2.75) is 6.61 Å². The number of carbonyl (C=O) groups is 1. The number of ether oxygens (including phenoxy) is 1. The zero-order valence-corrected chi connectivity index (χ0v) is 13.6. The Kier molecular flexibility index (Phi) is 5.60. The second-order valence-corrected chi connectivity index (χ2v) is 5.65. The Morgan fingerprint density at radius 2 is 2.00 bits per heavy atom. The summed E-state index contributed by atoms with van der Waals surface area (Å²) in [5.74, 6) is 0.143. The molecule has 0 aromatic heterocycles. The summed E-state index contributed by atoms with van der Waals surface area (Å²) in [6.45, 7) is 0.260. The molecule has 2 aromatic carbocycles. The first-order valence-electron chi connectivity index (χ1n) is 6.23. The predicted molar refractivity (Wildman–Crippen MR) is 91.5 cm³/mol. The molecular weight excluding hydrogens is 343 g/mol. The van der Waals surface area contributed by atoms with Crippen LogP contribution in [0.15, 0.2) is 42.5 Å². The normalized spacial score (nSPS) is 10.1. The van der Waals surface area contributed by atoms with Gasteiger partial charge in [0.05, 0.1) is 0 Å². The zero-order chi connectivity index (χ0) is 16.1. The summed E-state index contributed by atoms with van der Waals surface area (Å²) in [6.07, 6.45) is 0. The number of carbonyl (C=O) groups excluding carboxylic acids is 1. The molecule has 114 valence electrons. The van der Waals surface area contributed by atoms with Crippen LogP contribution in [-0.4, -0.2) is 11.0 Å². The molecule has 0 saturated heterocycles. The lowest BCUT2D eigenvalue weighted by Gasteiger charge is -2.09. The maximum absolute atomic E-state index is 11.8. The van der Waals surface area contributed by atoms with Crippen LogP contribution >= 0.6 is 35.4 Å². The van der Waals surface area contributed by atoms with E-state index in [9.17, 15) is 4.79 Å². The van der Waals surface area contributed by atoms with Gasteiger partial charge in [0.2, 0.25) is 0 Å². The fourth-order valence-corrected chi connectivity index (χ4v) is 2.27. The molecule has 2 rings (SSSR count). The molecule has 0 heterocycles. The predicted octanol–water partition coefficient (Wildman–Crippen LogP) is 3.55. The van der Waals surface area contributed by atoms with Crippen molar-refractivity contribution in [2.24, 2.45) is 5.73 Å². The Hall–Kier alpha value is -1.82. The van der Waals surface area contributed by atoms with Crippen molar-refractivity contribution in [2.75, 3.05) is 0 Å². The largest absolute Gasteiger partial charge is 0.489 e. The average molecular weight is 355 g/mol. The van der Waals surface area contributed by atoms with Gasteiger partial charge in [-0.25, -0.2) is 0 Å². The van der Waals surface area contributed by atoms with E-state index in [4.69, 9.17) is 33.7 Å². The Morgan fingerprint density at radius 3 is 2.68 bits per heavy atom. The van der Waals surface area contributed by atoms with E-state index in [-0.39, 0.29) is 17.6 Å². The summed E-state index contributed by atoms with van der Waals surface area (Å²) < 4.78 is 5.64. The molecule has 22 heavy (non-hydrogen) atoms. The molecule has 2 aromatic rings. The summed E-state index contributed by atoms with van der Waals surface area (Å²) in [6, 6.07) is 11.8. The highest BCUT2D eigenvalue weighted by Crippen LogP contribution is 2.23. The monoisotopic (exact) mass is 354 g/mol. The van der Waals surface area contributed by atoms with Crippen molar-refractivity contribution in [3.63, 3.8) is 0 Å². The Balaban J connectivity index is 2.07. The molecule has 3 N–H and O–H groups in total. The summed E-state index contributed by atoms with van der Waals surface area (Å²) in [4.78, 5) is 11.8. The molecule has 0 saturated carbocycles. The Labute approximate surface area is 143 Å². The smallest absolute Gasteiger partial charge is 0.257 e. The Bertz CT molecular complexity index is 722. The summed E-state index contributed by atoms with van der Waals surface area (Å²) >= 11 is 16.6. The van der Waals surface area contributed by atoms with Crippen LogP contribution < -0.4 is 15.8 Å². The van der Waals surface area contributed by atoms with E-state index in [1.165, 1.54) is 0 Å². The van der Waals surface area contributed by atoms with E-state index >= 15 is 0 Å². The Morgan fingerprint density at radius 1 is 1.23 bits per heavy atom. The van der Waals surface area contributed by atoms with Crippen LogP contribution in [0.5, 0.6) is 5.75 Å². The van der Waals surface area contributed by atoms with E-state index in [2.05, 4.69) is 17.5 Å². The first-order chi connectivity index (χ1) is 10.5. The first-order valence-corrected chi connectivity index (χ1v) is 7.39. The fourth-order valence-electron chi connectivity index (χ4n) is 1.71. The molecule has 0 atom stereocenters. The van der Waals surface area contributed by atoms with Crippen molar-refractivity contribution in [3.8, 4) is 5.75 Å². The van der Waals surface area contributed by atoms with Gasteiger partial charge in [0.25, 0.3) is 5.91 Å². The number of hydrogen-bond donors (Lipinski definition) is 2. The van der Waals surface area contributed by atoms with E-state index in [1.54, 1.807) is 42.5 Å². The van der Waals surface area contributed by atoms with Crippen LogP contribution in [0, 0.1) is 0 Å². The van der Waals surface area contributed by atoms with Crippen molar-refractivity contribution in [1.29, 1.82) is 0 Å². The van der Waals surface area contributed by atoms with Crippen LogP contribution in [0.4, 0.5) is 0 Å². The van der Waals surface area contributed by atoms with Crippen LogP contribution in [0.3, 0.4) is 0 Å². The molecule has 0 radical (unpaired) electrons. The van der Waals surface area contributed by atoms with Crippen molar-refractivity contribution < 1.29 is 9.53 Å². The third-order valence-corrected chi connectivity index (χ3v) is 3.43. The maximum Gasteiger partial charge on any atom is 0.257 e. The fraction of sp³-hybridized carbons (Fsp3) is 0.0667. The van der Waals surface area contributed by atoms with E-state index < -0.39 is 0 Å². The van der Waals surface area contributed by atoms with E-state index in [1.807, 2.05) is 0 Å². The zero-order valence-electron chi connectivity index (χ0n) is 11.3. The minimum Gasteiger partial charge on any atom is -0.489 e. The average Bonchev–Trinajstić information content (AvgIpc) is 2.46. The lowest BCUT2D eigenvalue weighted by atomic mass is 10.2. The highest BCUT2D eigenvalue weighted by molar-refractivity contribution is 7.80. The second kappa shape index (κ2) is 7.45. The van der Waals surface area contributed by atoms with Crippen LogP contribution in [0.25, 0.3) is 0 Å². The van der Waals surface area contributed by atoms with E-state index in [0.29, 0.717) is 21.4 Å². The summed E-state index contributed by atoms with van der Waals surface area (Å²) in [5.41, 5.74) is 6.47. The molecule has 0 unspecified atom stereocenters. The number of thiocarbonyl (C=S) groups is 1. The van der Waals surface area contributed by atoms with Gasteiger partial charge in [-0.05, 0) is 42.5 Å². The minimum absolute atomic E-state index is 0.0794.